The van der Waals surface area contributed by atoms with Gasteiger partial charge in [-0.3, -0.25) is 0 Å². The Balaban J connectivity index is 2.64. The molecule has 0 aromatic carbocycles. The van der Waals surface area contributed by atoms with Crippen LogP contribution in [-0.4, -0.2) is 9.97 Å². The van der Waals surface area contributed by atoms with Crippen molar-refractivity contribution in [3.63, 3.8) is 0 Å². The van der Waals surface area contributed by atoms with Gasteiger partial charge in [-0.05, 0) is 12.3 Å². The molecule has 0 unspecified atom stereocenters. The number of nitrogens with one attached hydrogen (secondary N) is 1. The maximum atomic E-state index is 5.28. The van der Waals surface area contributed by atoms with Crippen LogP contribution in [0.3, 0.4) is 0 Å². The highest BCUT2D eigenvalue weighted by Gasteiger charge is 2.21. The van der Waals surface area contributed by atoms with Gasteiger partial charge in [0, 0.05) is 17.3 Å². The van der Waals surface area contributed by atoms with Crippen molar-refractivity contribution in [2.75, 3.05) is 0 Å². The first-order valence-corrected chi connectivity index (χ1v) is 5.62. The molecule has 1 rings (SSSR count). The van der Waals surface area contributed by atoms with Crippen molar-refractivity contribution in [1.29, 1.82) is 0 Å². The third kappa shape index (κ3) is 3.13. The average molecular weight is 204 g/mol. The molecule has 82 valence electrons. The van der Waals surface area contributed by atoms with E-state index in [1.165, 1.54) is 25.7 Å². The summed E-state index contributed by atoms with van der Waals surface area (Å²) in [5, 5.41) is 0. The fraction of sp³-hybridized carbons (Fsp3) is 0.615. The first kappa shape index (κ1) is 11.8. The van der Waals surface area contributed by atoms with Crippen LogP contribution in [0.25, 0.3) is 0 Å². The molecule has 1 aromatic rings. The minimum absolute atomic E-state index is 0.150. The fourth-order valence-corrected chi connectivity index (χ4v) is 1.69. The summed E-state index contributed by atoms with van der Waals surface area (Å²) in [7, 11) is 0. The Bertz CT molecular complexity index is 342. The smallest absolute Gasteiger partial charge is 0.182 e. The molecule has 0 aliphatic carbocycles. The number of rotatable bonds is 5. The number of imidazole rings is 1. The van der Waals surface area contributed by atoms with Gasteiger partial charge in [0.1, 0.15) is 0 Å². The lowest BCUT2D eigenvalue weighted by Crippen LogP contribution is -2.17. The third-order valence-corrected chi connectivity index (χ3v) is 2.85. The first-order valence-electron chi connectivity index (χ1n) is 5.62. The molecular formula is C13H20N2. The van der Waals surface area contributed by atoms with Gasteiger partial charge in [-0.25, -0.2) is 4.98 Å². The van der Waals surface area contributed by atoms with Crippen LogP contribution in [0.15, 0.2) is 6.20 Å². The SMILES string of the molecule is C#Cc1ncc(C(C)(C)CCCCC)[nH]1. The summed E-state index contributed by atoms with van der Waals surface area (Å²) in [4.78, 5) is 7.32. The predicted octanol–water partition coefficient (Wildman–Crippen LogP) is 3.25. The lowest BCUT2D eigenvalue weighted by atomic mass is 9.84. The maximum Gasteiger partial charge on any atom is 0.182 e. The second kappa shape index (κ2) is 5.02. The molecule has 2 heteroatoms. The number of aromatic nitrogens is 2. The Morgan fingerprint density at radius 2 is 2.20 bits per heavy atom. The number of H-pyrrole nitrogens is 1. The van der Waals surface area contributed by atoms with E-state index in [2.05, 4.69) is 36.7 Å². The second-order valence-electron chi connectivity index (χ2n) is 4.63. The number of nitrogens with zero attached hydrogens (tertiary/aromatic N) is 1. The molecule has 1 heterocycles. The standard InChI is InChI=1S/C13H20N2/c1-5-7-8-9-13(3,4)11-10-14-12(6-2)15-11/h2,10H,5,7-9H2,1,3-4H3,(H,14,15). The molecule has 15 heavy (non-hydrogen) atoms. The van der Waals surface area contributed by atoms with Gasteiger partial charge in [0.25, 0.3) is 0 Å². The number of unbranched alkanes of at least 4 members (excludes halogenated alkanes) is 2. The van der Waals surface area contributed by atoms with Crippen LogP contribution in [0.1, 0.15) is 58.0 Å². The lowest BCUT2D eigenvalue weighted by molar-refractivity contribution is 0.440. The summed E-state index contributed by atoms with van der Waals surface area (Å²) >= 11 is 0. The largest absolute Gasteiger partial charge is 0.335 e. The predicted molar refractivity (Wildman–Crippen MR) is 63.7 cm³/mol. The summed E-state index contributed by atoms with van der Waals surface area (Å²) in [6, 6.07) is 0. The van der Waals surface area contributed by atoms with Crippen LogP contribution in [-0.2, 0) is 5.41 Å². The third-order valence-electron chi connectivity index (χ3n) is 2.85. The molecular weight excluding hydrogens is 184 g/mol. The lowest BCUT2D eigenvalue weighted by Gasteiger charge is -2.22. The highest BCUT2D eigenvalue weighted by atomic mass is 14.9. The van der Waals surface area contributed by atoms with E-state index < -0.39 is 0 Å². The monoisotopic (exact) mass is 204 g/mol. The zero-order valence-electron chi connectivity index (χ0n) is 9.93. The van der Waals surface area contributed by atoms with E-state index in [4.69, 9.17) is 6.42 Å². The molecule has 0 saturated heterocycles. The molecule has 0 saturated carbocycles. The van der Waals surface area contributed by atoms with Gasteiger partial charge in [0.15, 0.2) is 5.82 Å². The van der Waals surface area contributed by atoms with E-state index in [1.54, 1.807) is 0 Å². The molecule has 0 fully saturated rings. The van der Waals surface area contributed by atoms with Crippen LogP contribution >= 0.6 is 0 Å². The van der Waals surface area contributed by atoms with Crippen LogP contribution in [0, 0.1) is 12.3 Å². The molecule has 1 aromatic heterocycles. The molecule has 0 atom stereocenters. The van der Waals surface area contributed by atoms with Gasteiger partial charge in [-0.2, -0.15) is 0 Å². The van der Waals surface area contributed by atoms with Crippen molar-refractivity contribution >= 4 is 0 Å². The average Bonchev–Trinajstić information content (AvgIpc) is 2.66. The molecule has 0 spiro atoms. The van der Waals surface area contributed by atoms with Crippen molar-refractivity contribution in [3.8, 4) is 12.3 Å². The highest BCUT2D eigenvalue weighted by molar-refractivity contribution is 5.21. The molecule has 0 radical (unpaired) electrons. The van der Waals surface area contributed by atoms with Crippen molar-refractivity contribution in [1.82, 2.24) is 9.97 Å². The Morgan fingerprint density at radius 3 is 2.73 bits per heavy atom. The first-order chi connectivity index (χ1) is 7.10. The molecule has 0 aliphatic rings. The highest BCUT2D eigenvalue weighted by Crippen LogP contribution is 2.27. The molecule has 1 N–H and O–H groups in total. The van der Waals surface area contributed by atoms with Crippen molar-refractivity contribution in [3.05, 3.63) is 17.7 Å². The van der Waals surface area contributed by atoms with Crippen LogP contribution in [0.5, 0.6) is 0 Å². The quantitative estimate of drug-likeness (QED) is 0.579. The topological polar surface area (TPSA) is 28.7 Å². The summed E-state index contributed by atoms with van der Waals surface area (Å²) in [5.41, 5.74) is 1.30. The van der Waals surface area contributed by atoms with Gasteiger partial charge in [-0.15, -0.1) is 6.42 Å². The van der Waals surface area contributed by atoms with Crippen LogP contribution < -0.4 is 0 Å². The maximum absolute atomic E-state index is 5.28. The summed E-state index contributed by atoms with van der Waals surface area (Å²) in [6.07, 6.45) is 12.1. The Morgan fingerprint density at radius 1 is 1.47 bits per heavy atom. The molecule has 2 nitrogen and oxygen atoms in total. The normalized spacial score (nSPS) is 11.3. The second-order valence-corrected chi connectivity index (χ2v) is 4.63. The summed E-state index contributed by atoms with van der Waals surface area (Å²) in [6.45, 7) is 6.69. The summed E-state index contributed by atoms with van der Waals surface area (Å²) in [5.74, 6) is 3.15. The summed E-state index contributed by atoms with van der Waals surface area (Å²) < 4.78 is 0. The van der Waals surface area contributed by atoms with E-state index in [-0.39, 0.29) is 5.41 Å². The van der Waals surface area contributed by atoms with Gasteiger partial charge in [0.2, 0.25) is 0 Å². The zero-order chi connectivity index (χ0) is 11.3. The minimum atomic E-state index is 0.150. The van der Waals surface area contributed by atoms with E-state index in [9.17, 15) is 0 Å². The van der Waals surface area contributed by atoms with Gasteiger partial charge in [0.05, 0.1) is 0 Å². The molecule has 0 bridgehead atoms. The van der Waals surface area contributed by atoms with E-state index >= 15 is 0 Å². The Hall–Kier alpha value is -1.23. The number of hydrogen-bond acceptors (Lipinski definition) is 1. The number of hydrogen-bond donors (Lipinski definition) is 1. The fourth-order valence-electron chi connectivity index (χ4n) is 1.69. The van der Waals surface area contributed by atoms with Crippen LogP contribution in [0.4, 0.5) is 0 Å². The zero-order valence-corrected chi connectivity index (χ0v) is 9.93. The number of terminal acetylenes is 1. The number of aromatic amines is 1. The van der Waals surface area contributed by atoms with Crippen molar-refractivity contribution in [2.45, 2.75) is 51.9 Å². The van der Waals surface area contributed by atoms with Gasteiger partial charge >= 0.3 is 0 Å². The van der Waals surface area contributed by atoms with Gasteiger partial charge < -0.3 is 4.98 Å². The Labute approximate surface area is 92.5 Å². The van der Waals surface area contributed by atoms with Crippen molar-refractivity contribution < 1.29 is 0 Å². The van der Waals surface area contributed by atoms with Crippen molar-refractivity contribution in [2.24, 2.45) is 0 Å². The van der Waals surface area contributed by atoms with E-state index in [1.807, 2.05) is 6.20 Å². The Kier molecular flexibility index (Phi) is 3.96. The van der Waals surface area contributed by atoms with E-state index in [0.717, 1.165) is 5.69 Å². The van der Waals surface area contributed by atoms with Crippen LogP contribution in [0.2, 0.25) is 0 Å². The molecule has 0 amide bonds. The minimum Gasteiger partial charge on any atom is -0.335 e. The van der Waals surface area contributed by atoms with Gasteiger partial charge in [-0.1, -0.05) is 40.0 Å². The van der Waals surface area contributed by atoms with E-state index in [0.29, 0.717) is 5.82 Å². The molecule has 0 aliphatic heterocycles.